The fourth-order valence-electron chi connectivity index (χ4n) is 5.76. The molecule has 3 aromatic carbocycles. The van der Waals surface area contributed by atoms with Crippen LogP contribution in [-0.4, -0.2) is 45.5 Å². The average Bonchev–Trinajstić information content (AvgIpc) is 3.32. The Kier molecular flexibility index (Phi) is 5.27. The van der Waals surface area contributed by atoms with Gasteiger partial charge in [0, 0.05) is 42.8 Å². The second kappa shape index (κ2) is 8.80. The highest BCUT2D eigenvalue weighted by Gasteiger charge is 2.36. The van der Waals surface area contributed by atoms with Crippen LogP contribution in [0, 0.1) is 11.8 Å². The molecule has 2 fully saturated rings. The maximum absolute atomic E-state index is 12.6. The summed E-state index contributed by atoms with van der Waals surface area (Å²) in [6.45, 7) is 2.53. The molecule has 5 aromatic rings. The molecule has 1 amide bonds. The molecule has 2 aliphatic rings. The fraction of sp³-hybridized carbons (Fsp3) is 0.290. The molecular weight excluding hydrogens is 460 g/mol. The van der Waals surface area contributed by atoms with Gasteiger partial charge in [0.05, 0.1) is 12.6 Å². The van der Waals surface area contributed by atoms with Crippen molar-refractivity contribution in [3.8, 4) is 28.3 Å². The second-order valence-corrected chi connectivity index (χ2v) is 10.4. The Hall–Kier alpha value is -4.06. The summed E-state index contributed by atoms with van der Waals surface area (Å²) in [5.74, 6) is 2.78. The van der Waals surface area contributed by atoms with Gasteiger partial charge in [0.1, 0.15) is 17.1 Å². The van der Waals surface area contributed by atoms with Crippen molar-refractivity contribution in [2.75, 3.05) is 20.2 Å². The number of hydrogen-bond donors (Lipinski definition) is 1. The zero-order valence-electron chi connectivity index (χ0n) is 21.0. The Bertz CT molecular complexity index is 1610. The lowest BCUT2D eigenvalue weighted by molar-refractivity contribution is -0.131. The number of benzene rings is 3. The number of ether oxygens (including phenoxy) is 1. The number of para-hydroxylation sites is 1. The molecule has 1 saturated heterocycles. The molecule has 1 aliphatic carbocycles. The Morgan fingerprint density at radius 1 is 1.00 bits per heavy atom. The summed E-state index contributed by atoms with van der Waals surface area (Å²) in [5.41, 5.74) is 6.55. The minimum Gasteiger partial charge on any atom is -0.494 e. The highest BCUT2D eigenvalue weighted by atomic mass is 16.5. The molecule has 1 N–H and O–H groups in total. The summed E-state index contributed by atoms with van der Waals surface area (Å²) in [4.78, 5) is 23.1. The molecule has 0 radical (unpaired) electrons. The molecular formula is C31H30N4O2. The number of hydrogen-bond acceptors (Lipinski definition) is 3. The van der Waals surface area contributed by atoms with E-state index in [1.165, 1.54) is 16.5 Å². The largest absolute Gasteiger partial charge is 0.494 e. The first kappa shape index (κ1) is 22.2. The first-order valence-corrected chi connectivity index (χ1v) is 13.2. The van der Waals surface area contributed by atoms with Crippen molar-refractivity contribution in [1.29, 1.82) is 0 Å². The Labute approximate surface area is 215 Å². The molecule has 186 valence electrons. The molecule has 7 rings (SSSR count). The topological polar surface area (TPSA) is 63.1 Å². The van der Waals surface area contributed by atoms with Gasteiger partial charge in [-0.1, -0.05) is 36.4 Å². The van der Waals surface area contributed by atoms with E-state index < -0.39 is 0 Å². The van der Waals surface area contributed by atoms with Gasteiger partial charge in [0.2, 0.25) is 5.91 Å². The van der Waals surface area contributed by atoms with Crippen molar-refractivity contribution in [3.63, 3.8) is 0 Å². The molecule has 37 heavy (non-hydrogen) atoms. The van der Waals surface area contributed by atoms with Crippen molar-refractivity contribution < 1.29 is 9.53 Å². The number of imidazole rings is 1. The molecule has 0 spiro atoms. The highest BCUT2D eigenvalue weighted by Crippen LogP contribution is 2.36. The second-order valence-electron chi connectivity index (χ2n) is 10.4. The van der Waals surface area contributed by atoms with E-state index in [2.05, 4.69) is 69.0 Å². The van der Waals surface area contributed by atoms with Crippen LogP contribution in [0.25, 0.3) is 44.5 Å². The zero-order chi connectivity index (χ0) is 24.9. The van der Waals surface area contributed by atoms with Crippen LogP contribution in [0.3, 0.4) is 0 Å². The Morgan fingerprint density at radius 3 is 2.62 bits per heavy atom. The van der Waals surface area contributed by atoms with Crippen molar-refractivity contribution >= 4 is 27.8 Å². The number of amides is 1. The van der Waals surface area contributed by atoms with Crippen LogP contribution >= 0.6 is 0 Å². The molecule has 2 aromatic heterocycles. The van der Waals surface area contributed by atoms with Crippen molar-refractivity contribution in [3.05, 3.63) is 72.9 Å². The van der Waals surface area contributed by atoms with E-state index in [4.69, 9.17) is 9.72 Å². The van der Waals surface area contributed by atoms with Crippen molar-refractivity contribution in [1.82, 2.24) is 19.4 Å². The number of rotatable bonds is 6. The summed E-state index contributed by atoms with van der Waals surface area (Å²) in [7, 11) is 1.70. The van der Waals surface area contributed by atoms with Gasteiger partial charge in [0.25, 0.3) is 0 Å². The van der Waals surface area contributed by atoms with Crippen LogP contribution < -0.4 is 4.74 Å². The third-order valence-corrected chi connectivity index (χ3v) is 7.96. The van der Waals surface area contributed by atoms with Crippen LogP contribution in [0.1, 0.15) is 19.3 Å². The van der Waals surface area contributed by atoms with Crippen molar-refractivity contribution in [2.24, 2.45) is 11.8 Å². The first-order valence-electron chi connectivity index (χ1n) is 13.2. The van der Waals surface area contributed by atoms with Gasteiger partial charge in [-0.15, -0.1) is 0 Å². The maximum Gasteiger partial charge on any atom is 0.225 e. The highest BCUT2D eigenvalue weighted by molar-refractivity contribution is 5.87. The van der Waals surface area contributed by atoms with Gasteiger partial charge < -0.3 is 19.2 Å². The average molecular weight is 491 g/mol. The molecule has 6 heteroatoms. The summed E-state index contributed by atoms with van der Waals surface area (Å²) in [6.07, 6.45) is 5.13. The molecule has 0 bridgehead atoms. The lowest BCUT2D eigenvalue weighted by atomic mass is 10.0. The standard InChI is InChI=1S/C31H30N4O2/c1-37-28-4-2-3-27-29(28)33-30(35(27)19-20-14-16-34(18-20)31(36)23-9-10-23)22-7-5-21(6-8-22)24-11-12-26-25(17-24)13-15-32-26/h2-8,11-13,15,17,20,23,32H,9-10,14,16,18-19H2,1H3/t20-/m1/s1. The van der Waals surface area contributed by atoms with Crippen LogP contribution in [0.4, 0.5) is 0 Å². The maximum atomic E-state index is 12.6. The number of H-pyrrole nitrogens is 1. The van der Waals surface area contributed by atoms with Crippen LogP contribution in [0.15, 0.2) is 72.9 Å². The number of carbonyl (C=O) groups is 1. The van der Waals surface area contributed by atoms with E-state index in [0.29, 0.717) is 11.8 Å². The SMILES string of the molecule is COc1cccc2c1nc(-c1ccc(-c3ccc4[nH]ccc4c3)cc1)n2C[C@@H]1CCN(C(=O)C2CC2)C1. The lowest BCUT2D eigenvalue weighted by Gasteiger charge is -2.18. The number of likely N-dealkylation sites (tertiary alicyclic amines) is 1. The van der Waals surface area contributed by atoms with E-state index in [0.717, 1.165) is 72.6 Å². The van der Waals surface area contributed by atoms with E-state index >= 15 is 0 Å². The Morgan fingerprint density at radius 2 is 1.81 bits per heavy atom. The number of nitrogens with one attached hydrogen (secondary N) is 1. The smallest absolute Gasteiger partial charge is 0.225 e. The number of nitrogens with zero attached hydrogens (tertiary/aromatic N) is 3. The van der Waals surface area contributed by atoms with Gasteiger partial charge in [-0.05, 0) is 72.0 Å². The molecule has 1 aliphatic heterocycles. The van der Waals surface area contributed by atoms with Gasteiger partial charge in [-0.2, -0.15) is 0 Å². The summed E-state index contributed by atoms with van der Waals surface area (Å²) >= 11 is 0. The van der Waals surface area contributed by atoms with Crippen LogP contribution in [0.2, 0.25) is 0 Å². The predicted molar refractivity (Wildman–Crippen MR) is 146 cm³/mol. The molecule has 3 heterocycles. The zero-order valence-corrected chi connectivity index (χ0v) is 21.0. The molecule has 1 atom stereocenters. The van der Waals surface area contributed by atoms with Gasteiger partial charge in [-0.25, -0.2) is 4.98 Å². The normalized spacial score (nSPS) is 17.6. The summed E-state index contributed by atoms with van der Waals surface area (Å²) < 4.78 is 7.99. The van der Waals surface area contributed by atoms with Gasteiger partial charge in [0.15, 0.2) is 0 Å². The number of aromatic amines is 1. The Balaban J connectivity index is 1.23. The summed E-state index contributed by atoms with van der Waals surface area (Å²) in [5, 5.41) is 1.21. The minimum atomic E-state index is 0.282. The first-order chi connectivity index (χ1) is 18.2. The van der Waals surface area contributed by atoms with Crippen LogP contribution in [-0.2, 0) is 11.3 Å². The van der Waals surface area contributed by atoms with Gasteiger partial charge in [-0.3, -0.25) is 4.79 Å². The van der Waals surface area contributed by atoms with E-state index in [-0.39, 0.29) is 5.92 Å². The number of carbonyl (C=O) groups excluding carboxylic acids is 1. The molecule has 0 unspecified atom stereocenters. The number of aromatic nitrogens is 3. The molecule has 1 saturated carbocycles. The minimum absolute atomic E-state index is 0.282. The predicted octanol–water partition coefficient (Wildman–Crippen LogP) is 6.12. The van der Waals surface area contributed by atoms with Crippen LogP contribution in [0.5, 0.6) is 5.75 Å². The quantitative estimate of drug-likeness (QED) is 0.312. The van der Waals surface area contributed by atoms with E-state index in [9.17, 15) is 4.79 Å². The fourth-order valence-corrected chi connectivity index (χ4v) is 5.76. The number of fused-ring (bicyclic) bond motifs is 2. The molecule has 6 nitrogen and oxygen atoms in total. The lowest BCUT2D eigenvalue weighted by Crippen LogP contribution is -2.30. The third-order valence-electron chi connectivity index (χ3n) is 7.96. The van der Waals surface area contributed by atoms with Crippen molar-refractivity contribution in [2.45, 2.75) is 25.8 Å². The third kappa shape index (κ3) is 3.97. The van der Waals surface area contributed by atoms with Gasteiger partial charge >= 0.3 is 0 Å². The summed E-state index contributed by atoms with van der Waals surface area (Å²) in [6, 6.07) is 23.4. The number of methoxy groups -OCH3 is 1. The van der Waals surface area contributed by atoms with E-state index in [1.807, 2.05) is 18.3 Å². The monoisotopic (exact) mass is 490 g/mol. The van der Waals surface area contributed by atoms with E-state index in [1.54, 1.807) is 7.11 Å².